The van der Waals surface area contributed by atoms with Gasteiger partial charge in [-0.3, -0.25) is 15.8 Å². The van der Waals surface area contributed by atoms with Crippen LogP contribution < -0.4 is 11.5 Å². The van der Waals surface area contributed by atoms with Gasteiger partial charge in [0.25, 0.3) is 0 Å². The number of rotatable bonds is 8. The summed E-state index contributed by atoms with van der Waals surface area (Å²) < 4.78 is 27.2. The van der Waals surface area contributed by atoms with E-state index in [1.807, 2.05) is 13.8 Å². The van der Waals surface area contributed by atoms with Gasteiger partial charge in [0.15, 0.2) is 0 Å². The van der Waals surface area contributed by atoms with E-state index in [9.17, 15) is 8.78 Å². The Morgan fingerprint density at radius 3 is 2.46 bits per heavy atom. The second kappa shape index (κ2) is 10.8. The van der Waals surface area contributed by atoms with E-state index in [0.717, 1.165) is 12.1 Å². The van der Waals surface area contributed by atoms with E-state index in [1.165, 1.54) is 18.4 Å². The molecule has 7 N–H and O–H groups in total. The lowest BCUT2D eigenvalue weighted by atomic mass is 10.0. The molecule has 28 heavy (non-hydrogen) atoms. The van der Waals surface area contributed by atoms with Gasteiger partial charge in [0.05, 0.1) is 18.9 Å². The smallest absolute Gasteiger partial charge is 0.146 e. The molecule has 1 aromatic carbocycles. The van der Waals surface area contributed by atoms with E-state index in [2.05, 4.69) is 9.98 Å². The Morgan fingerprint density at radius 1 is 1.21 bits per heavy atom. The molecule has 0 bridgehead atoms. The number of nitrogens with two attached hydrogens (primary N) is 2. The highest BCUT2D eigenvalue weighted by Crippen LogP contribution is 2.15. The lowest BCUT2D eigenvalue weighted by Crippen LogP contribution is -2.20. The third kappa shape index (κ3) is 6.84. The van der Waals surface area contributed by atoms with Gasteiger partial charge in [-0.15, -0.1) is 0 Å². The van der Waals surface area contributed by atoms with E-state index < -0.39 is 11.6 Å². The number of aliphatic imine (C=N–C) groups is 2. The minimum absolute atomic E-state index is 0.0125. The Morgan fingerprint density at radius 2 is 1.89 bits per heavy atom. The fraction of sp³-hybridized carbons (Fsp3) is 0.263. The molecule has 0 radical (unpaired) electrons. The molecule has 0 amide bonds. The standard InChI is InChI=1S/C19H24F2N6O/c1-11(2)19(25)27-17(23)6-5-16(22)14(10-26-7-8-28)18(24)13-4-3-12(20)9-15(13)21/h3-6,9-11,24,28H,7-8,22H2,1-2H3,(H3,23,25,27)/b6-5-,16-14+,24-18?,26-10?. The SMILES string of the molecule is CC(C)C(N)=NC(=N)/C=C\C(N)=C(\C=NCCO)C(=N)c1ccc(F)cc1F. The molecule has 0 aliphatic heterocycles. The predicted octanol–water partition coefficient (Wildman–Crippen LogP) is 2.16. The number of aliphatic hydroxyl groups excluding tert-OH is 1. The number of nitrogens with zero attached hydrogens (tertiary/aromatic N) is 2. The molecule has 0 unspecified atom stereocenters. The van der Waals surface area contributed by atoms with E-state index in [4.69, 9.17) is 27.4 Å². The van der Waals surface area contributed by atoms with Crippen LogP contribution in [0.1, 0.15) is 19.4 Å². The highest BCUT2D eigenvalue weighted by atomic mass is 19.1. The van der Waals surface area contributed by atoms with Crippen LogP contribution in [0.4, 0.5) is 8.78 Å². The fourth-order valence-corrected chi connectivity index (χ4v) is 1.90. The van der Waals surface area contributed by atoms with Gasteiger partial charge in [-0.05, 0) is 24.3 Å². The third-order valence-corrected chi connectivity index (χ3v) is 3.49. The van der Waals surface area contributed by atoms with Crippen molar-refractivity contribution in [2.45, 2.75) is 13.8 Å². The summed E-state index contributed by atoms with van der Waals surface area (Å²) in [7, 11) is 0. The lowest BCUT2D eigenvalue weighted by Gasteiger charge is -2.09. The number of nitrogens with one attached hydrogen (secondary N) is 2. The number of amidine groups is 2. The van der Waals surface area contributed by atoms with Crippen molar-refractivity contribution in [2.75, 3.05) is 13.2 Å². The van der Waals surface area contributed by atoms with Crippen LogP contribution in [-0.4, -0.2) is 41.9 Å². The van der Waals surface area contributed by atoms with Crippen LogP contribution in [0, 0.1) is 28.4 Å². The molecule has 0 saturated heterocycles. The van der Waals surface area contributed by atoms with Gasteiger partial charge in [0.1, 0.15) is 23.3 Å². The summed E-state index contributed by atoms with van der Waals surface area (Å²) >= 11 is 0. The Balaban J connectivity index is 3.27. The van der Waals surface area contributed by atoms with Crippen molar-refractivity contribution in [3.05, 3.63) is 58.8 Å². The monoisotopic (exact) mass is 390 g/mol. The predicted molar refractivity (Wildman–Crippen MR) is 108 cm³/mol. The van der Waals surface area contributed by atoms with Gasteiger partial charge >= 0.3 is 0 Å². The molecule has 0 spiro atoms. The van der Waals surface area contributed by atoms with Crippen LogP contribution in [0.25, 0.3) is 0 Å². The first-order chi connectivity index (χ1) is 13.2. The molecule has 0 atom stereocenters. The van der Waals surface area contributed by atoms with Crippen LogP contribution in [0.2, 0.25) is 0 Å². The Labute approximate surface area is 162 Å². The molecular formula is C19H24F2N6O. The first-order valence-corrected chi connectivity index (χ1v) is 8.42. The highest BCUT2D eigenvalue weighted by Gasteiger charge is 2.14. The van der Waals surface area contributed by atoms with Crippen molar-refractivity contribution in [2.24, 2.45) is 27.4 Å². The quantitative estimate of drug-likeness (QED) is 0.263. The van der Waals surface area contributed by atoms with Gasteiger partial charge < -0.3 is 16.6 Å². The highest BCUT2D eigenvalue weighted by molar-refractivity contribution is 6.23. The number of halogens is 2. The molecule has 1 aromatic rings. The van der Waals surface area contributed by atoms with Crippen molar-refractivity contribution in [1.29, 1.82) is 10.8 Å². The zero-order chi connectivity index (χ0) is 21.3. The number of allylic oxidation sites excluding steroid dienone is 2. The Kier molecular flexibility index (Phi) is 8.83. The number of benzene rings is 1. The second-order valence-electron chi connectivity index (χ2n) is 6.04. The maximum absolute atomic E-state index is 14.0. The van der Waals surface area contributed by atoms with Crippen LogP contribution in [-0.2, 0) is 0 Å². The second-order valence-corrected chi connectivity index (χ2v) is 6.04. The molecule has 7 nitrogen and oxygen atoms in total. The molecule has 0 saturated carbocycles. The van der Waals surface area contributed by atoms with E-state index in [1.54, 1.807) is 0 Å². The van der Waals surface area contributed by atoms with Gasteiger partial charge in [-0.1, -0.05) is 13.8 Å². The lowest BCUT2D eigenvalue weighted by molar-refractivity contribution is 0.307. The van der Waals surface area contributed by atoms with Crippen LogP contribution >= 0.6 is 0 Å². The minimum atomic E-state index is -0.920. The summed E-state index contributed by atoms with van der Waals surface area (Å²) in [6, 6.07) is 2.82. The van der Waals surface area contributed by atoms with Crippen molar-refractivity contribution >= 4 is 23.6 Å². The minimum Gasteiger partial charge on any atom is -0.398 e. The van der Waals surface area contributed by atoms with Gasteiger partial charge in [0.2, 0.25) is 0 Å². The van der Waals surface area contributed by atoms with Crippen molar-refractivity contribution in [3.63, 3.8) is 0 Å². The molecule has 0 aliphatic carbocycles. The molecule has 0 fully saturated rings. The maximum Gasteiger partial charge on any atom is 0.146 e. The average Bonchev–Trinajstić information content (AvgIpc) is 2.62. The Bertz CT molecular complexity index is 856. The Hall–Kier alpha value is -3.20. The first-order valence-electron chi connectivity index (χ1n) is 8.42. The molecular weight excluding hydrogens is 366 g/mol. The van der Waals surface area contributed by atoms with E-state index in [0.29, 0.717) is 6.07 Å². The van der Waals surface area contributed by atoms with Crippen molar-refractivity contribution < 1.29 is 13.9 Å². The normalized spacial score (nSPS) is 13.4. The molecule has 0 heterocycles. The van der Waals surface area contributed by atoms with Gasteiger partial charge in [-0.2, -0.15) is 0 Å². The summed E-state index contributed by atoms with van der Waals surface area (Å²) in [6.07, 6.45) is 3.81. The largest absolute Gasteiger partial charge is 0.398 e. The van der Waals surface area contributed by atoms with Gasteiger partial charge in [-0.25, -0.2) is 13.8 Å². The third-order valence-electron chi connectivity index (χ3n) is 3.49. The van der Waals surface area contributed by atoms with Gasteiger partial charge in [0, 0.05) is 35.0 Å². The van der Waals surface area contributed by atoms with Crippen molar-refractivity contribution in [3.8, 4) is 0 Å². The summed E-state index contributed by atoms with van der Waals surface area (Å²) in [5, 5.41) is 24.9. The molecule has 9 heteroatoms. The zero-order valence-corrected chi connectivity index (χ0v) is 15.7. The van der Waals surface area contributed by atoms with Crippen LogP contribution in [0.5, 0.6) is 0 Å². The maximum atomic E-state index is 14.0. The van der Waals surface area contributed by atoms with E-state index >= 15 is 0 Å². The fourth-order valence-electron chi connectivity index (χ4n) is 1.90. The molecule has 1 rings (SSSR count). The topological polar surface area (TPSA) is 145 Å². The van der Waals surface area contributed by atoms with Crippen molar-refractivity contribution in [1.82, 2.24) is 0 Å². The summed E-state index contributed by atoms with van der Waals surface area (Å²) in [4.78, 5) is 7.82. The average molecular weight is 390 g/mol. The van der Waals surface area contributed by atoms with E-state index in [-0.39, 0.29) is 53.3 Å². The number of aliphatic hydroxyl groups is 1. The summed E-state index contributed by atoms with van der Waals surface area (Å²) in [5.74, 6) is -1.59. The molecule has 0 aromatic heterocycles. The summed E-state index contributed by atoms with van der Waals surface area (Å²) in [5.41, 5.74) is 11.3. The van der Waals surface area contributed by atoms with Crippen LogP contribution in [0.3, 0.4) is 0 Å². The zero-order valence-electron chi connectivity index (χ0n) is 15.7. The number of hydrogen-bond donors (Lipinski definition) is 5. The van der Waals surface area contributed by atoms with Crippen LogP contribution in [0.15, 0.2) is 51.6 Å². The first kappa shape index (κ1) is 22.8. The molecule has 0 aliphatic rings. The molecule has 150 valence electrons. The summed E-state index contributed by atoms with van der Waals surface area (Å²) in [6.45, 7) is 3.51. The number of hydrogen-bond acceptors (Lipinski definition) is 5.